The summed E-state index contributed by atoms with van der Waals surface area (Å²) in [5.41, 5.74) is 2.97. The Morgan fingerprint density at radius 2 is 1.44 bits per heavy atom. The lowest BCUT2D eigenvalue weighted by Gasteiger charge is -2.17. The molecule has 1 aromatic heterocycles. The molecule has 3 N–H and O–H groups in total. The number of nitrogens with one attached hydrogen (secondary N) is 3. The van der Waals surface area contributed by atoms with Gasteiger partial charge in [-0.3, -0.25) is 14.4 Å². The molecule has 48 heavy (non-hydrogen) atoms. The predicted molar refractivity (Wildman–Crippen MR) is 197 cm³/mol. The number of benzene rings is 5. The lowest BCUT2D eigenvalue weighted by molar-refractivity contribution is -0.116. The summed E-state index contributed by atoms with van der Waals surface area (Å²) < 4.78 is 0.989. The summed E-state index contributed by atoms with van der Waals surface area (Å²) in [6.07, 6.45) is 1.48. The lowest BCUT2D eigenvalue weighted by Crippen LogP contribution is -2.30. The molecular weight excluding hydrogens is 683 g/mol. The fourth-order valence-corrected chi connectivity index (χ4v) is 6.93. The zero-order chi connectivity index (χ0) is 33.5. The monoisotopic (exact) mass is 708 g/mol. The fourth-order valence-electron chi connectivity index (χ4n) is 4.68. The Bertz CT molecular complexity index is 2090. The standard InChI is InChI=1S/C37H26Cl2N4O3S2/c38-28-15-9-14-25(32(28)39)22-30(41-34(44)24-12-5-2-6-13-24)35(45)40-26-18-20-27(21-19-26)47-33(23-10-3-1-4-11-23)36(46)43-37-42-29-16-7-8-17-31(29)48-37/h1-22,33H,(H,40,45)(H,41,44)(H,42,43,46)/b30-22-. The van der Waals surface area contributed by atoms with Crippen molar-refractivity contribution < 1.29 is 14.4 Å². The summed E-state index contributed by atoms with van der Waals surface area (Å²) in [4.78, 5) is 45.5. The van der Waals surface area contributed by atoms with Crippen molar-refractivity contribution in [3.05, 3.63) is 160 Å². The summed E-state index contributed by atoms with van der Waals surface area (Å²) in [5, 5.41) is 9.06. The number of rotatable bonds is 10. The number of nitrogens with zero attached hydrogens (tertiary/aromatic N) is 1. The van der Waals surface area contributed by atoms with Gasteiger partial charge in [0.15, 0.2) is 5.13 Å². The Morgan fingerprint density at radius 1 is 0.750 bits per heavy atom. The number of thiazole rings is 1. The first-order valence-corrected chi connectivity index (χ1v) is 17.1. The van der Waals surface area contributed by atoms with E-state index in [0.717, 1.165) is 20.7 Å². The smallest absolute Gasteiger partial charge is 0.272 e. The van der Waals surface area contributed by atoms with E-state index in [2.05, 4.69) is 20.9 Å². The van der Waals surface area contributed by atoms with E-state index in [1.54, 1.807) is 60.7 Å². The average Bonchev–Trinajstić information content (AvgIpc) is 3.52. The molecular formula is C37H26Cl2N4O3S2. The van der Waals surface area contributed by atoms with Crippen LogP contribution in [0.2, 0.25) is 10.0 Å². The van der Waals surface area contributed by atoms with Crippen molar-refractivity contribution in [3.63, 3.8) is 0 Å². The predicted octanol–water partition coefficient (Wildman–Crippen LogP) is 9.48. The number of thioether (sulfide) groups is 1. The van der Waals surface area contributed by atoms with Crippen LogP contribution in [0.3, 0.4) is 0 Å². The molecule has 0 aliphatic carbocycles. The number of aromatic nitrogens is 1. The van der Waals surface area contributed by atoms with Gasteiger partial charge in [0.1, 0.15) is 10.9 Å². The maximum Gasteiger partial charge on any atom is 0.272 e. The van der Waals surface area contributed by atoms with Gasteiger partial charge in [0, 0.05) is 16.1 Å². The fraction of sp³-hybridized carbons (Fsp3) is 0.0270. The third kappa shape index (κ3) is 8.13. The zero-order valence-electron chi connectivity index (χ0n) is 25.0. The summed E-state index contributed by atoms with van der Waals surface area (Å²) in [6, 6.07) is 37.9. The molecule has 0 bridgehead atoms. The molecule has 1 unspecified atom stereocenters. The van der Waals surface area contributed by atoms with Gasteiger partial charge in [0.2, 0.25) is 5.91 Å². The van der Waals surface area contributed by atoms with Crippen molar-refractivity contribution in [2.24, 2.45) is 0 Å². The van der Waals surface area contributed by atoms with E-state index in [9.17, 15) is 14.4 Å². The van der Waals surface area contributed by atoms with E-state index in [1.807, 2.05) is 66.7 Å². The minimum atomic E-state index is -0.566. The van der Waals surface area contributed by atoms with Crippen LogP contribution in [0.25, 0.3) is 16.3 Å². The second-order valence-electron chi connectivity index (χ2n) is 10.4. The van der Waals surface area contributed by atoms with E-state index in [0.29, 0.717) is 27.0 Å². The molecule has 1 atom stereocenters. The number of hydrogen-bond donors (Lipinski definition) is 3. The highest BCUT2D eigenvalue weighted by molar-refractivity contribution is 8.00. The number of carbonyl (C=O) groups excluding carboxylic acids is 3. The molecule has 5 aromatic carbocycles. The van der Waals surface area contributed by atoms with Gasteiger partial charge in [-0.1, -0.05) is 107 Å². The first kappa shape index (κ1) is 33.0. The molecule has 11 heteroatoms. The van der Waals surface area contributed by atoms with Crippen LogP contribution in [0, 0.1) is 0 Å². The maximum atomic E-state index is 13.6. The van der Waals surface area contributed by atoms with Gasteiger partial charge in [0.05, 0.1) is 20.3 Å². The normalized spacial score (nSPS) is 11.9. The first-order valence-electron chi connectivity index (χ1n) is 14.7. The Morgan fingerprint density at radius 3 is 2.17 bits per heavy atom. The number of amides is 3. The van der Waals surface area contributed by atoms with Gasteiger partial charge in [-0.25, -0.2) is 4.98 Å². The average molecular weight is 710 g/mol. The summed E-state index contributed by atoms with van der Waals surface area (Å²) in [6.45, 7) is 0. The molecule has 238 valence electrons. The number of anilines is 2. The number of hydrogen-bond acceptors (Lipinski definition) is 6. The van der Waals surface area contributed by atoms with E-state index in [1.165, 1.54) is 29.2 Å². The van der Waals surface area contributed by atoms with Crippen LogP contribution in [0.15, 0.2) is 138 Å². The Labute approximate surface area is 295 Å². The highest BCUT2D eigenvalue weighted by atomic mass is 35.5. The quantitative estimate of drug-likeness (QED) is 0.0972. The van der Waals surface area contributed by atoms with Crippen LogP contribution in [0.4, 0.5) is 10.8 Å². The van der Waals surface area contributed by atoms with E-state index >= 15 is 0 Å². The molecule has 6 aromatic rings. The van der Waals surface area contributed by atoms with E-state index in [4.69, 9.17) is 23.2 Å². The molecule has 0 radical (unpaired) electrons. The van der Waals surface area contributed by atoms with Crippen molar-refractivity contribution in [1.29, 1.82) is 0 Å². The van der Waals surface area contributed by atoms with Crippen LogP contribution in [0.1, 0.15) is 26.7 Å². The van der Waals surface area contributed by atoms with Gasteiger partial charge in [-0.15, -0.1) is 11.8 Å². The third-order valence-electron chi connectivity index (χ3n) is 7.04. The van der Waals surface area contributed by atoms with E-state index in [-0.39, 0.29) is 16.6 Å². The molecule has 0 spiro atoms. The summed E-state index contributed by atoms with van der Waals surface area (Å²) >= 11 is 15.4. The topological polar surface area (TPSA) is 100 Å². The minimum absolute atomic E-state index is 0.0258. The van der Waals surface area contributed by atoms with Crippen LogP contribution in [-0.4, -0.2) is 22.7 Å². The van der Waals surface area contributed by atoms with Crippen molar-refractivity contribution in [3.8, 4) is 0 Å². The number of carbonyl (C=O) groups is 3. The number of fused-ring (bicyclic) bond motifs is 1. The third-order valence-corrected chi connectivity index (χ3v) is 10.1. The Kier molecular flexibility index (Phi) is 10.5. The summed E-state index contributed by atoms with van der Waals surface area (Å²) in [5.74, 6) is -1.22. The lowest BCUT2D eigenvalue weighted by atomic mass is 10.1. The van der Waals surface area contributed by atoms with Crippen LogP contribution < -0.4 is 16.0 Å². The minimum Gasteiger partial charge on any atom is -0.321 e. The molecule has 0 aliphatic heterocycles. The van der Waals surface area contributed by atoms with Crippen LogP contribution in [-0.2, 0) is 9.59 Å². The molecule has 0 saturated carbocycles. The van der Waals surface area contributed by atoms with Crippen molar-refractivity contribution in [2.45, 2.75) is 10.1 Å². The molecule has 0 fully saturated rings. The SMILES string of the molecule is O=C(Nc1ccc(SC(C(=O)Nc2nc3ccccc3s2)c2ccccc2)cc1)/C(=C/c1cccc(Cl)c1Cl)NC(=O)c1ccccc1. The largest absolute Gasteiger partial charge is 0.321 e. The zero-order valence-corrected chi connectivity index (χ0v) is 28.2. The van der Waals surface area contributed by atoms with Crippen molar-refractivity contribution in [2.75, 3.05) is 10.6 Å². The van der Waals surface area contributed by atoms with Gasteiger partial charge in [0.25, 0.3) is 11.8 Å². The highest BCUT2D eigenvalue weighted by Crippen LogP contribution is 2.37. The van der Waals surface area contributed by atoms with Crippen molar-refractivity contribution in [1.82, 2.24) is 10.3 Å². The molecule has 7 nitrogen and oxygen atoms in total. The van der Waals surface area contributed by atoms with Gasteiger partial charge >= 0.3 is 0 Å². The maximum absolute atomic E-state index is 13.6. The van der Waals surface area contributed by atoms with Gasteiger partial charge in [-0.2, -0.15) is 0 Å². The second kappa shape index (κ2) is 15.3. The molecule has 1 heterocycles. The van der Waals surface area contributed by atoms with Crippen LogP contribution in [0.5, 0.6) is 0 Å². The molecule has 6 rings (SSSR count). The Hall–Kier alpha value is -4.93. The van der Waals surface area contributed by atoms with Crippen molar-refractivity contribution >= 4 is 91.1 Å². The summed E-state index contributed by atoms with van der Waals surface area (Å²) in [7, 11) is 0. The molecule has 0 aliphatic rings. The highest BCUT2D eigenvalue weighted by Gasteiger charge is 2.24. The van der Waals surface area contributed by atoms with Gasteiger partial charge in [-0.05, 0) is 71.8 Å². The van der Waals surface area contributed by atoms with Crippen LogP contribution >= 0.6 is 46.3 Å². The molecule has 3 amide bonds. The molecule has 0 saturated heterocycles. The number of para-hydroxylation sites is 1. The first-order chi connectivity index (χ1) is 23.3. The Balaban J connectivity index is 1.20. The second-order valence-corrected chi connectivity index (χ2v) is 13.4. The van der Waals surface area contributed by atoms with E-state index < -0.39 is 17.1 Å². The number of halogens is 2. The van der Waals surface area contributed by atoms with Gasteiger partial charge < -0.3 is 16.0 Å².